The predicted octanol–water partition coefficient (Wildman–Crippen LogP) is -0.0621. The van der Waals surface area contributed by atoms with E-state index < -0.39 is 53.3 Å². The molecule has 4 N–H and O–H groups in total. The van der Waals surface area contributed by atoms with E-state index in [9.17, 15) is 28.5 Å². The smallest absolute Gasteiger partial charge is 0.297 e. The highest BCUT2D eigenvalue weighted by molar-refractivity contribution is 7.86. The van der Waals surface area contributed by atoms with Crippen molar-refractivity contribution in [1.29, 1.82) is 0 Å². The predicted molar refractivity (Wildman–Crippen MR) is 105 cm³/mol. The number of rotatable bonds is 6. The van der Waals surface area contributed by atoms with E-state index in [0.717, 1.165) is 5.56 Å². The van der Waals surface area contributed by atoms with Gasteiger partial charge in [0.25, 0.3) is 16.0 Å². The standard InChI is InChI=1S/C20H23NO8S/c1-12-7-9-14(10-8-12)30(26,27)28-11-15-17(22)18(23)16(20(25)29-15)21-19(24)13-5-3-2-4-6-13/h2-10,15-18,20,22-23,25H,11H2,1H3,(H,21,24)/t15-,16+,17+,18-,20-/m1/s1. The molecule has 162 valence electrons. The maximum Gasteiger partial charge on any atom is 0.297 e. The molecule has 0 aromatic heterocycles. The van der Waals surface area contributed by atoms with E-state index in [1.54, 1.807) is 49.4 Å². The second kappa shape index (κ2) is 9.21. The normalized spacial score (nSPS) is 26.9. The van der Waals surface area contributed by atoms with Gasteiger partial charge in [-0.2, -0.15) is 8.42 Å². The van der Waals surface area contributed by atoms with Crippen LogP contribution in [0.1, 0.15) is 15.9 Å². The lowest BCUT2D eigenvalue weighted by atomic mass is 9.97. The first-order valence-corrected chi connectivity index (χ1v) is 10.6. The summed E-state index contributed by atoms with van der Waals surface area (Å²) in [6, 6.07) is 12.8. The molecule has 5 atom stereocenters. The van der Waals surface area contributed by atoms with Gasteiger partial charge in [0, 0.05) is 5.56 Å². The van der Waals surface area contributed by atoms with Crippen LogP contribution in [-0.4, -0.2) is 66.9 Å². The number of benzene rings is 2. The third-order valence-corrected chi connectivity index (χ3v) is 6.05. The summed E-state index contributed by atoms with van der Waals surface area (Å²) in [7, 11) is -4.13. The van der Waals surface area contributed by atoms with Crippen LogP contribution < -0.4 is 5.32 Å². The Balaban J connectivity index is 1.63. The summed E-state index contributed by atoms with van der Waals surface area (Å²) in [5.74, 6) is -0.578. The van der Waals surface area contributed by atoms with E-state index in [1.165, 1.54) is 12.1 Å². The lowest BCUT2D eigenvalue weighted by Gasteiger charge is -2.40. The number of ether oxygens (including phenoxy) is 1. The molecule has 1 saturated heterocycles. The number of nitrogens with one attached hydrogen (secondary N) is 1. The van der Waals surface area contributed by atoms with E-state index in [4.69, 9.17) is 8.92 Å². The van der Waals surface area contributed by atoms with Gasteiger partial charge in [-0.15, -0.1) is 0 Å². The number of amides is 1. The molecule has 3 rings (SSSR count). The summed E-state index contributed by atoms with van der Waals surface area (Å²) in [4.78, 5) is 12.2. The van der Waals surface area contributed by atoms with Crippen LogP contribution in [0.4, 0.5) is 0 Å². The molecule has 0 unspecified atom stereocenters. The van der Waals surface area contributed by atoms with E-state index in [2.05, 4.69) is 5.32 Å². The van der Waals surface area contributed by atoms with Crippen LogP contribution in [0.15, 0.2) is 59.5 Å². The molecule has 1 aliphatic heterocycles. The number of aliphatic hydroxyl groups is 3. The summed E-state index contributed by atoms with van der Waals surface area (Å²) in [5.41, 5.74) is 1.16. The average Bonchev–Trinajstić information content (AvgIpc) is 2.73. The van der Waals surface area contributed by atoms with E-state index in [1.807, 2.05) is 0 Å². The molecule has 0 aliphatic carbocycles. The highest BCUT2D eigenvalue weighted by atomic mass is 32.2. The zero-order valence-electron chi connectivity index (χ0n) is 16.1. The molecule has 2 aromatic rings. The molecule has 0 radical (unpaired) electrons. The molecule has 9 nitrogen and oxygen atoms in total. The fraction of sp³-hybridized carbons (Fsp3) is 0.350. The molecule has 1 amide bonds. The zero-order chi connectivity index (χ0) is 21.9. The van der Waals surface area contributed by atoms with Gasteiger partial charge in [-0.25, -0.2) is 0 Å². The number of aryl methyl sites for hydroxylation is 1. The third-order valence-electron chi connectivity index (χ3n) is 4.75. The van der Waals surface area contributed by atoms with E-state index in [0.29, 0.717) is 5.56 Å². The molecule has 0 saturated carbocycles. The second-order valence-electron chi connectivity index (χ2n) is 6.96. The highest BCUT2D eigenvalue weighted by Gasteiger charge is 2.45. The van der Waals surface area contributed by atoms with Crippen molar-refractivity contribution in [2.45, 2.75) is 42.5 Å². The van der Waals surface area contributed by atoms with Gasteiger partial charge in [0.1, 0.15) is 24.4 Å². The average molecular weight is 437 g/mol. The Hall–Kier alpha value is -2.34. The molecular formula is C20H23NO8S. The van der Waals surface area contributed by atoms with E-state index in [-0.39, 0.29) is 4.90 Å². The van der Waals surface area contributed by atoms with Crippen molar-refractivity contribution in [2.24, 2.45) is 0 Å². The number of hydrogen-bond acceptors (Lipinski definition) is 8. The van der Waals surface area contributed by atoms with Crippen molar-refractivity contribution in [1.82, 2.24) is 5.32 Å². The molecule has 30 heavy (non-hydrogen) atoms. The number of carbonyl (C=O) groups is 1. The summed E-state index contributed by atoms with van der Waals surface area (Å²) in [6.45, 7) is 1.17. The zero-order valence-corrected chi connectivity index (χ0v) is 16.9. The second-order valence-corrected chi connectivity index (χ2v) is 8.58. The van der Waals surface area contributed by atoms with Crippen LogP contribution in [0, 0.1) is 6.92 Å². The third kappa shape index (κ3) is 5.04. The Kier molecular flexibility index (Phi) is 6.86. The Morgan fingerprint density at radius 1 is 1.03 bits per heavy atom. The largest absolute Gasteiger partial charge is 0.388 e. The Morgan fingerprint density at radius 2 is 1.67 bits per heavy atom. The van der Waals surface area contributed by atoms with Crippen molar-refractivity contribution >= 4 is 16.0 Å². The van der Waals surface area contributed by atoms with Gasteiger partial charge in [0.15, 0.2) is 6.29 Å². The van der Waals surface area contributed by atoms with Crippen molar-refractivity contribution in [2.75, 3.05) is 6.61 Å². The summed E-state index contributed by atoms with van der Waals surface area (Å²) >= 11 is 0. The van der Waals surface area contributed by atoms with Crippen molar-refractivity contribution in [3.05, 3.63) is 65.7 Å². The fourth-order valence-corrected chi connectivity index (χ4v) is 3.91. The summed E-state index contributed by atoms with van der Waals surface area (Å²) in [5, 5.41) is 33.2. The van der Waals surface area contributed by atoms with Gasteiger partial charge in [0.2, 0.25) is 0 Å². The Labute approximate surface area is 174 Å². The van der Waals surface area contributed by atoms with Crippen molar-refractivity contribution in [3.8, 4) is 0 Å². The van der Waals surface area contributed by atoms with Gasteiger partial charge in [-0.1, -0.05) is 35.9 Å². The lowest BCUT2D eigenvalue weighted by Crippen LogP contribution is -2.64. The minimum Gasteiger partial charge on any atom is -0.388 e. The van der Waals surface area contributed by atoms with E-state index >= 15 is 0 Å². The molecule has 0 bridgehead atoms. The highest BCUT2D eigenvalue weighted by Crippen LogP contribution is 2.22. The van der Waals surface area contributed by atoms with Crippen LogP contribution in [0.3, 0.4) is 0 Å². The quantitative estimate of drug-likeness (QED) is 0.461. The van der Waals surface area contributed by atoms with Gasteiger partial charge >= 0.3 is 0 Å². The Morgan fingerprint density at radius 3 is 2.30 bits per heavy atom. The number of aliphatic hydroxyl groups excluding tert-OH is 3. The topological polar surface area (TPSA) is 142 Å². The van der Waals surface area contributed by atoms with Gasteiger partial charge in [0.05, 0.1) is 11.5 Å². The van der Waals surface area contributed by atoms with Crippen LogP contribution in [-0.2, 0) is 19.0 Å². The summed E-state index contributed by atoms with van der Waals surface area (Å²) < 4.78 is 34.7. The maximum absolute atomic E-state index is 12.3. The first-order chi connectivity index (χ1) is 14.2. The first kappa shape index (κ1) is 22.3. The van der Waals surface area contributed by atoms with Gasteiger partial charge in [-0.05, 0) is 31.2 Å². The number of hydrogen-bond donors (Lipinski definition) is 4. The molecule has 2 aromatic carbocycles. The fourth-order valence-electron chi connectivity index (χ4n) is 2.99. The van der Waals surface area contributed by atoms with Crippen molar-refractivity contribution in [3.63, 3.8) is 0 Å². The summed E-state index contributed by atoms with van der Waals surface area (Å²) in [6.07, 6.45) is -6.24. The SMILES string of the molecule is Cc1ccc(S(=O)(=O)OC[C@H]2O[C@@H](O)[C@@H](NC(=O)c3ccccc3)[C@@H](O)[C@H]2O)cc1. The Bertz CT molecular complexity index is 964. The molecule has 1 heterocycles. The lowest BCUT2D eigenvalue weighted by molar-refractivity contribution is -0.250. The van der Waals surface area contributed by atoms with Gasteiger partial charge < -0.3 is 25.4 Å². The maximum atomic E-state index is 12.3. The van der Waals surface area contributed by atoms with Gasteiger partial charge in [-0.3, -0.25) is 8.98 Å². The molecule has 1 fully saturated rings. The van der Waals surface area contributed by atoms with Crippen molar-refractivity contribution < 1.29 is 37.5 Å². The molecule has 10 heteroatoms. The molecule has 0 spiro atoms. The molecular weight excluding hydrogens is 414 g/mol. The minimum absolute atomic E-state index is 0.0764. The monoisotopic (exact) mass is 437 g/mol. The van der Waals surface area contributed by atoms with Crippen LogP contribution in [0.2, 0.25) is 0 Å². The van der Waals surface area contributed by atoms with Crippen LogP contribution >= 0.6 is 0 Å². The van der Waals surface area contributed by atoms with Crippen LogP contribution in [0.25, 0.3) is 0 Å². The number of carbonyl (C=O) groups excluding carboxylic acids is 1. The molecule has 1 aliphatic rings. The minimum atomic E-state index is -4.13. The first-order valence-electron chi connectivity index (χ1n) is 9.21. The van der Waals surface area contributed by atoms with Crippen LogP contribution in [0.5, 0.6) is 0 Å².